The highest BCUT2D eigenvalue weighted by atomic mass is 32.2. The summed E-state index contributed by atoms with van der Waals surface area (Å²) in [5.74, 6) is -1.38. The van der Waals surface area contributed by atoms with E-state index in [1.165, 1.54) is 47.4 Å². The number of hydrogen-bond donors (Lipinski definition) is 0. The Labute approximate surface area is 286 Å². The highest BCUT2D eigenvalue weighted by molar-refractivity contribution is 7.91. The molecular formula is C39H38N2O7S. The molecule has 0 aromatic heterocycles. The van der Waals surface area contributed by atoms with Gasteiger partial charge in [0.2, 0.25) is 9.84 Å². The molecule has 0 bridgehead atoms. The van der Waals surface area contributed by atoms with E-state index in [2.05, 4.69) is 20.8 Å². The van der Waals surface area contributed by atoms with Gasteiger partial charge in [-0.25, -0.2) is 13.3 Å². The third-order valence-electron chi connectivity index (χ3n) is 10.1. The summed E-state index contributed by atoms with van der Waals surface area (Å²) in [6.07, 6.45) is 2.99. The summed E-state index contributed by atoms with van der Waals surface area (Å²) >= 11 is 0. The maximum atomic E-state index is 13.8. The molecule has 2 heterocycles. The predicted octanol–water partition coefficient (Wildman–Crippen LogP) is 7.97. The van der Waals surface area contributed by atoms with Gasteiger partial charge in [-0.05, 0) is 103 Å². The molecule has 0 saturated carbocycles. The van der Waals surface area contributed by atoms with Gasteiger partial charge in [0.05, 0.1) is 37.7 Å². The lowest BCUT2D eigenvalue weighted by molar-refractivity contribution is 0.0575. The summed E-state index contributed by atoms with van der Waals surface area (Å²) in [6.45, 7) is 10.1. The zero-order valence-electron chi connectivity index (χ0n) is 28.1. The maximum absolute atomic E-state index is 13.8. The van der Waals surface area contributed by atoms with E-state index in [0.29, 0.717) is 24.2 Å². The van der Waals surface area contributed by atoms with Crippen molar-refractivity contribution in [3.8, 4) is 11.5 Å². The number of nitrogens with zero attached hydrogens (tertiary/aromatic N) is 2. The number of benzene rings is 4. The highest BCUT2D eigenvalue weighted by Crippen LogP contribution is 2.37. The highest BCUT2D eigenvalue weighted by Gasteiger charge is 2.40. The van der Waals surface area contributed by atoms with Crippen LogP contribution in [0.15, 0.2) is 94.7 Å². The molecule has 0 N–H and O–H groups in total. The van der Waals surface area contributed by atoms with Crippen molar-refractivity contribution >= 4 is 39.2 Å². The Morgan fingerprint density at radius 1 is 0.633 bits per heavy atom. The van der Waals surface area contributed by atoms with Gasteiger partial charge >= 0.3 is 0 Å². The Hall–Kier alpha value is -5.09. The van der Waals surface area contributed by atoms with E-state index in [1.807, 2.05) is 19.9 Å². The lowest BCUT2D eigenvalue weighted by Gasteiger charge is -2.27. The van der Waals surface area contributed by atoms with Crippen LogP contribution in [0.2, 0.25) is 0 Å². The Morgan fingerprint density at radius 3 is 1.73 bits per heavy atom. The Balaban J connectivity index is 1.26. The number of fused-ring (bicyclic) bond motifs is 2. The third kappa shape index (κ3) is 5.63. The second-order valence-corrected chi connectivity index (χ2v) is 14.7. The van der Waals surface area contributed by atoms with Gasteiger partial charge < -0.3 is 4.74 Å². The first-order valence-electron chi connectivity index (χ1n) is 16.6. The molecule has 0 spiro atoms. The van der Waals surface area contributed by atoms with Gasteiger partial charge in [0, 0.05) is 6.04 Å². The molecule has 252 valence electrons. The lowest BCUT2D eigenvalue weighted by Crippen LogP contribution is -2.39. The van der Waals surface area contributed by atoms with Crippen molar-refractivity contribution in [2.24, 2.45) is 0 Å². The van der Waals surface area contributed by atoms with Gasteiger partial charge in [0.15, 0.2) is 0 Å². The van der Waals surface area contributed by atoms with E-state index < -0.39 is 21.7 Å². The van der Waals surface area contributed by atoms with E-state index >= 15 is 0 Å². The van der Waals surface area contributed by atoms with Crippen molar-refractivity contribution in [1.82, 2.24) is 4.90 Å². The monoisotopic (exact) mass is 678 g/mol. The average Bonchev–Trinajstić information content (AvgIpc) is 3.51. The Bertz CT molecular complexity index is 2130. The van der Waals surface area contributed by atoms with Crippen LogP contribution in [0.5, 0.6) is 11.5 Å². The molecule has 6 rings (SSSR count). The molecule has 0 aliphatic carbocycles. The molecule has 0 saturated heterocycles. The molecule has 0 fully saturated rings. The second kappa shape index (κ2) is 12.7. The normalized spacial score (nSPS) is 14.6. The molecule has 10 heteroatoms. The fourth-order valence-corrected chi connectivity index (χ4v) is 7.91. The van der Waals surface area contributed by atoms with Crippen LogP contribution in [0.4, 0.5) is 5.69 Å². The predicted molar refractivity (Wildman–Crippen MR) is 185 cm³/mol. The standard InChI is InChI=1S/C39H38N2O7S/c1-6-25(7-2)40-35(42)31-18-16-27(22-33(31)37(40)44)48-28-17-19-32-34(23-28)38(45)41(36(32)43)26-13-11-15-30(21-26)49(46,47)29-14-10-12-24(20-29)39(5,8-3)9-4/h10-23,25H,6-9H2,1-5H3. The first-order valence-corrected chi connectivity index (χ1v) is 18.0. The van der Waals surface area contributed by atoms with Crippen molar-refractivity contribution in [2.75, 3.05) is 4.90 Å². The van der Waals surface area contributed by atoms with Gasteiger partial charge in [-0.1, -0.05) is 52.8 Å². The first-order chi connectivity index (χ1) is 23.4. The van der Waals surface area contributed by atoms with Crippen LogP contribution in [0.25, 0.3) is 0 Å². The van der Waals surface area contributed by atoms with Crippen LogP contribution in [0.3, 0.4) is 0 Å². The van der Waals surface area contributed by atoms with Crippen molar-refractivity contribution in [2.45, 2.75) is 81.5 Å². The topological polar surface area (TPSA) is 118 Å². The van der Waals surface area contributed by atoms with Gasteiger partial charge in [0.1, 0.15) is 11.5 Å². The molecule has 0 unspecified atom stereocenters. The minimum absolute atomic E-state index is 0.0372. The minimum Gasteiger partial charge on any atom is -0.457 e. The minimum atomic E-state index is -3.97. The van der Waals surface area contributed by atoms with Crippen LogP contribution in [0, 0.1) is 0 Å². The van der Waals surface area contributed by atoms with Gasteiger partial charge in [-0.2, -0.15) is 0 Å². The molecule has 4 aromatic rings. The Morgan fingerprint density at radius 2 is 1.14 bits per heavy atom. The van der Waals surface area contributed by atoms with E-state index in [9.17, 15) is 27.6 Å². The summed E-state index contributed by atoms with van der Waals surface area (Å²) in [4.78, 5) is 55.6. The molecule has 2 aliphatic rings. The second-order valence-electron chi connectivity index (χ2n) is 12.7. The number of rotatable bonds is 11. The van der Waals surface area contributed by atoms with Crippen molar-refractivity contribution < 1.29 is 32.3 Å². The van der Waals surface area contributed by atoms with Crippen LogP contribution < -0.4 is 9.64 Å². The first kappa shape index (κ1) is 33.8. The fraction of sp³-hybridized carbons (Fsp3) is 0.282. The molecule has 9 nitrogen and oxygen atoms in total. The summed E-state index contributed by atoms with van der Waals surface area (Å²) in [5, 5.41) is 0. The quantitative estimate of drug-likeness (QED) is 0.148. The summed E-state index contributed by atoms with van der Waals surface area (Å²) in [7, 11) is -3.97. The lowest BCUT2D eigenvalue weighted by atomic mass is 9.78. The van der Waals surface area contributed by atoms with Gasteiger partial charge in [-0.3, -0.25) is 24.1 Å². The summed E-state index contributed by atoms with van der Waals surface area (Å²) < 4.78 is 33.6. The SMILES string of the molecule is CCC(CC)N1C(=O)c2ccc(Oc3ccc4c(c3)C(=O)N(c3cccc(S(=O)(=O)c5cccc(C(C)(CC)CC)c5)c3)C4=O)cc2C1=O. The van der Waals surface area contributed by atoms with Crippen LogP contribution in [-0.4, -0.2) is 43.0 Å². The van der Waals surface area contributed by atoms with Gasteiger partial charge in [0.25, 0.3) is 23.6 Å². The van der Waals surface area contributed by atoms with E-state index in [-0.39, 0.29) is 61.2 Å². The van der Waals surface area contributed by atoms with Crippen molar-refractivity contribution in [3.63, 3.8) is 0 Å². The molecular weight excluding hydrogens is 641 g/mol. The fourth-order valence-electron chi connectivity index (χ4n) is 6.56. The smallest absolute Gasteiger partial charge is 0.266 e. The number of carbonyl (C=O) groups is 4. The summed E-state index contributed by atoms with van der Waals surface area (Å²) in [5.41, 5.74) is 1.67. The molecule has 4 amide bonds. The number of anilines is 1. The molecule has 2 aliphatic heterocycles. The van der Waals surface area contributed by atoms with Crippen LogP contribution >= 0.6 is 0 Å². The Kier molecular flexibility index (Phi) is 8.79. The van der Waals surface area contributed by atoms with Crippen molar-refractivity contribution in [1.29, 1.82) is 0 Å². The van der Waals surface area contributed by atoms with E-state index in [0.717, 1.165) is 23.3 Å². The number of hydrogen-bond acceptors (Lipinski definition) is 7. The van der Waals surface area contributed by atoms with Gasteiger partial charge in [-0.15, -0.1) is 0 Å². The van der Waals surface area contributed by atoms with E-state index in [4.69, 9.17) is 4.74 Å². The molecule has 0 radical (unpaired) electrons. The average molecular weight is 679 g/mol. The third-order valence-corrected chi connectivity index (χ3v) is 11.8. The van der Waals surface area contributed by atoms with Crippen LogP contribution in [-0.2, 0) is 15.3 Å². The van der Waals surface area contributed by atoms with Crippen molar-refractivity contribution in [3.05, 3.63) is 113 Å². The molecule has 0 atom stereocenters. The number of amides is 4. The molecule has 4 aromatic carbocycles. The van der Waals surface area contributed by atoms with E-state index in [1.54, 1.807) is 36.4 Å². The zero-order chi connectivity index (χ0) is 35.2. The maximum Gasteiger partial charge on any atom is 0.266 e. The number of imide groups is 2. The number of carbonyl (C=O) groups excluding carboxylic acids is 4. The summed E-state index contributed by atoms with van der Waals surface area (Å²) in [6, 6.07) is 21.7. The zero-order valence-corrected chi connectivity index (χ0v) is 29.0. The number of ether oxygens (including phenoxy) is 1. The molecule has 49 heavy (non-hydrogen) atoms. The van der Waals surface area contributed by atoms with Crippen LogP contribution in [0.1, 0.15) is 107 Å². The largest absolute Gasteiger partial charge is 0.457 e. The number of sulfone groups is 1.